The minimum atomic E-state index is -0.429. The Kier molecular flexibility index (Phi) is 3.40. The lowest BCUT2D eigenvalue weighted by Gasteiger charge is -2.31. The number of thioether (sulfide) groups is 1. The summed E-state index contributed by atoms with van der Waals surface area (Å²) in [5.74, 6) is 1.43. The van der Waals surface area contributed by atoms with Crippen molar-refractivity contribution in [1.82, 2.24) is 25.7 Å². The molecule has 0 aromatic carbocycles. The highest BCUT2D eigenvalue weighted by atomic mass is 32.2. The second-order valence-electron chi connectivity index (χ2n) is 5.36. The van der Waals surface area contributed by atoms with E-state index in [2.05, 4.69) is 25.7 Å². The summed E-state index contributed by atoms with van der Waals surface area (Å²) in [5, 5.41) is 14.8. The van der Waals surface area contributed by atoms with E-state index in [1.807, 2.05) is 26.8 Å². The molecule has 8 heteroatoms. The lowest BCUT2D eigenvalue weighted by molar-refractivity contribution is -0.123. The topological polar surface area (TPSA) is 93.8 Å². The van der Waals surface area contributed by atoms with Crippen molar-refractivity contribution in [2.24, 2.45) is 0 Å². The second-order valence-corrected chi connectivity index (χ2v) is 7.01. The molecule has 3 heterocycles. The van der Waals surface area contributed by atoms with E-state index < -0.39 is 4.75 Å². The standard InChI is InChI=1S/C13H15N5O2S/c1-7-4-5-8(17-16-7)10-15-11(20-18-10)9-6-21-13(2,3)12(19)14-9/h4-5,9H,6H2,1-3H3,(H,14,19). The summed E-state index contributed by atoms with van der Waals surface area (Å²) in [6.45, 7) is 5.64. The molecule has 2 aromatic heterocycles. The summed E-state index contributed by atoms with van der Waals surface area (Å²) in [6, 6.07) is 3.35. The molecule has 0 saturated carbocycles. The van der Waals surface area contributed by atoms with Crippen LogP contribution in [-0.2, 0) is 4.79 Å². The third-order valence-corrected chi connectivity index (χ3v) is 4.64. The van der Waals surface area contributed by atoms with Crippen LogP contribution in [0.1, 0.15) is 31.5 Å². The van der Waals surface area contributed by atoms with Gasteiger partial charge in [-0.15, -0.1) is 16.9 Å². The minimum Gasteiger partial charge on any atom is -0.342 e. The van der Waals surface area contributed by atoms with Gasteiger partial charge < -0.3 is 9.84 Å². The van der Waals surface area contributed by atoms with Crippen LogP contribution in [-0.4, -0.2) is 36.7 Å². The molecule has 1 N–H and O–H groups in total. The van der Waals surface area contributed by atoms with Crippen molar-refractivity contribution in [3.05, 3.63) is 23.7 Å². The number of carbonyl (C=O) groups excluding carboxylic acids is 1. The predicted molar refractivity (Wildman–Crippen MR) is 77.5 cm³/mol. The lowest BCUT2D eigenvalue weighted by Crippen LogP contribution is -2.47. The molecule has 1 atom stereocenters. The molecule has 1 amide bonds. The van der Waals surface area contributed by atoms with Crippen LogP contribution < -0.4 is 5.32 Å². The van der Waals surface area contributed by atoms with E-state index >= 15 is 0 Å². The predicted octanol–water partition coefficient (Wildman–Crippen LogP) is 1.52. The molecule has 1 unspecified atom stereocenters. The van der Waals surface area contributed by atoms with Crippen LogP contribution >= 0.6 is 11.8 Å². The summed E-state index contributed by atoms with van der Waals surface area (Å²) in [7, 11) is 0. The number of hydrogen-bond acceptors (Lipinski definition) is 7. The van der Waals surface area contributed by atoms with Gasteiger partial charge in [-0.25, -0.2) is 0 Å². The van der Waals surface area contributed by atoms with Gasteiger partial charge in [-0.2, -0.15) is 10.1 Å². The Balaban J connectivity index is 1.79. The highest BCUT2D eigenvalue weighted by molar-refractivity contribution is 8.01. The number of carbonyl (C=O) groups is 1. The van der Waals surface area contributed by atoms with Crippen LogP contribution in [0.15, 0.2) is 16.7 Å². The summed E-state index contributed by atoms with van der Waals surface area (Å²) < 4.78 is 4.82. The zero-order valence-corrected chi connectivity index (χ0v) is 12.8. The van der Waals surface area contributed by atoms with Crippen LogP contribution in [0.25, 0.3) is 11.5 Å². The van der Waals surface area contributed by atoms with Crippen molar-refractivity contribution in [3.63, 3.8) is 0 Å². The zero-order chi connectivity index (χ0) is 15.0. The maximum absolute atomic E-state index is 12.0. The average Bonchev–Trinajstić information content (AvgIpc) is 2.92. The summed E-state index contributed by atoms with van der Waals surface area (Å²) in [6.07, 6.45) is 0. The van der Waals surface area contributed by atoms with Gasteiger partial charge in [0.2, 0.25) is 17.6 Å². The van der Waals surface area contributed by atoms with Crippen molar-refractivity contribution < 1.29 is 9.32 Å². The molecule has 1 saturated heterocycles. The second kappa shape index (κ2) is 5.10. The number of aromatic nitrogens is 4. The van der Waals surface area contributed by atoms with Gasteiger partial charge in [0.25, 0.3) is 0 Å². The van der Waals surface area contributed by atoms with E-state index in [0.29, 0.717) is 23.2 Å². The minimum absolute atomic E-state index is 0.0290. The third-order valence-electron chi connectivity index (χ3n) is 3.23. The maximum atomic E-state index is 12.0. The third kappa shape index (κ3) is 2.76. The first-order chi connectivity index (χ1) is 9.95. The number of hydrogen-bond donors (Lipinski definition) is 1. The summed E-state index contributed by atoms with van der Waals surface area (Å²) >= 11 is 1.57. The lowest BCUT2D eigenvalue weighted by atomic mass is 10.1. The van der Waals surface area contributed by atoms with Crippen molar-refractivity contribution in [2.45, 2.75) is 31.6 Å². The van der Waals surface area contributed by atoms with Gasteiger partial charge in [-0.05, 0) is 32.9 Å². The largest absolute Gasteiger partial charge is 0.342 e. The SMILES string of the molecule is Cc1ccc(-c2noc(C3CSC(C)(C)C(=O)N3)n2)nn1. The summed E-state index contributed by atoms with van der Waals surface area (Å²) in [4.78, 5) is 16.3. The van der Waals surface area contributed by atoms with E-state index in [4.69, 9.17) is 4.52 Å². The van der Waals surface area contributed by atoms with Gasteiger partial charge in [0, 0.05) is 5.75 Å². The average molecular weight is 305 g/mol. The zero-order valence-electron chi connectivity index (χ0n) is 12.0. The first kappa shape index (κ1) is 14.0. The molecular weight excluding hydrogens is 290 g/mol. The Bertz CT molecular complexity index is 667. The highest BCUT2D eigenvalue weighted by Gasteiger charge is 2.37. The first-order valence-electron chi connectivity index (χ1n) is 6.55. The normalized spacial score (nSPS) is 21.1. The van der Waals surface area contributed by atoms with Gasteiger partial charge in [-0.1, -0.05) is 5.16 Å². The highest BCUT2D eigenvalue weighted by Crippen LogP contribution is 2.34. The number of nitrogens with one attached hydrogen (secondary N) is 1. The first-order valence-corrected chi connectivity index (χ1v) is 7.53. The summed E-state index contributed by atoms with van der Waals surface area (Å²) in [5.41, 5.74) is 1.37. The Labute approximate surface area is 125 Å². The number of nitrogens with zero attached hydrogens (tertiary/aromatic N) is 4. The molecule has 1 fully saturated rings. The van der Waals surface area contributed by atoms with Crippen molar-refractivity contribution in [3.8, 4) is 11.5 Å². The number of rotatable bonds is 2. The monoisotopic (exact) mass is 305 g/mol. The molecule has 7 nitrogen and oxygen atoms in total. The van der Waals surface area contributed by atoms with Crippen molar-refractivity contribution in [1.29, 1.82) is 0 Å². The molecule has 3 rings (SSSR count). The fourth-order valence-electron chi connectivity index (χ4n) is 1.86. The molecule has 2 aromatic rings. The van der Waals surface area contributed by atoms with E-state index in [0.717, 1.165) is 5.69 Å². The van der Waals surface area contributed by atoms with E-state index in [1.54, 1.807) is 17.8 Å². The van der Waals surface area contributed by atoms with E-state index in [9.17, 15) is 4.79 Å². The quantitative estimate of drug-likeness (QED) is 0.898. The molecule has 21 heavy (non-hydrogen) atoms. The molecule has 0 bridgehead atoms. The van der Waals surface area contributed by atoms with E-state index in [1.165, 1.54) is 0 Å². The molecule has 1 aliphatic rings. The molecule has 110 valence electrons. The van der Waals surface area contributed by atoms with Crippen LogP contribution in [0.5, 0.6) is 0 Å². The van der Waals surface area contributed by atoms with Gasteiger partial charge in [0.05, 0.1) is 10.4 Å². The van der Waals surface area contributed by atoms with Crippen LogP contribution in [0.4, 0.5) is 0 Å². The van der Waals surface area contributed by atoms with Gasteiger partial charge in [0.15, 0.2) is 0 Å². The van der Waals surface area contributed by atoms with Gasteiger partial charge in [0.1, 0.15) is 11.7 Å². The Morgan fingerprint density at radius 3 is 2.86 bits per heavy atom. The van der Waals surface area contributed by atoms with E-state index in [-0.39, 0.29) is 11.9 Å². The fraction of sp³-hybridized carbons (Fsp3) is 0.462. The Morgan fingerprint density at radius 2 is 2.19 bits per heavy atom. The molecular formula is C13H15N5O2S. The van der Waals surface area contributed by atoms with Crippen molar-refractivity contribution in [2.75, 3.05) is 5.75 Å². The Hall–Kier alpha value is -1.96. The van der Waals surface area contributed by atoms with Gasteiger partial charge in [-0.3, -0.25) is 4.79 Å². The molecule has 0 spiro atoms. The fourth-order valence-corrected chi connectivity index (χ4v) is 2.86. The van der Waals surface area contributed by atoms with Crippen LogP contribution in [0.3, 0.4) is 0 Å². The number of amides is 1. The Morgan fingerprint density at radius 1 is 1.38 bits per heavy atom. The van der Waals surface area contributed by atoms with Crippen molar-refractivity contribution >= 4 is 17.7 Å². The smallest absolute Gasteiger partial charge is 0.250 e. The van der Waals surface area contributed by atoms with Crippen LogP contribution in [0, 0.1) is 6.92 Å². The van der Waals surface area contributed by atoms with Crippen LogP contribution in [0.2, 0.25) is 0 Å². The molecule has 0 aliphatic carbocycles. The van der Waals surface area contributed by atoms with Gasteiger partial charge >= 0.3 is 0 Å². The maximum Gasteiger partial charge on any atom is 0.250 e. The molecule has 1 aliphatic heterocycles. The molecule has 0 radical (unpaired) electrons. The number of aryl methyl sites for hydroxylation is 1.